The summed E-state index contributed by atoms with van der Waals surface area (Å²) in [6.07, 6.45) is 5.03. The Bertz CT molecular complexity index is 893. The minimum absolute atomic E-state index is 0.0746. The summed E-state index contributed by atoms with van der Waals surface area (Å²) in [5, 5.41) is 9.06. The molecule has 9 heteroatoms. The first-order valence-corrected chi connectivity index (χ1v) is 10.7. The molecule has 2 aliphatic heterocycles. The van der Waals surface area contributed by atoms with Gasteiger partial charge >= 0.3 is 5.97 Å². The number of nitrogens with zero attached hydrogens (tertiary/aromatic N) is 5. The van der Waals surface area contributed by atoms with E-state index in [0.29, 0.717) is 49.8 Å². The summed E-state index contributed by atoms with van der Waals surface area (Å²) in [5.74, 6) is 0.592. The second kappa shape index (κ2) is 8.57. The maximum atomic E-state index is 13.1. The first kappa shape index (κ1) is 19.9. The topological polar surface area (TPSA) is 80.0 Å². The summed E-state index contributed by atoms with van der Waals surface area (Å²) < 4.78 is 6.99. The molecular weight excluding hydrogens is 394 g/mol. The van der Waals surface area contributed by atoms with Crippen molar-refractivity contribution < 1.29 is 14.3 Å². The lowest BCUT2D eigenvalue weighted by molar-refractivity contribution is -0.151. The molecule has 2 aromatic rings. The molecule has 4 rings (SSSR count). The second-order valence-electron chi connectivity index (χ2n) is 7.69. The molecule has 2 saturated heterocycles. The van der Waals surface area contributed by atoms with E-state index in [9.17, 15) is 9.59 Å². The smallest absolute Gasteiger partial charge is 0.309 e. The van der Waals surface area contributed by atoms with Gasteiger partial charge in [0.25, 0.3) is 0 Å². The molecule has 0 spiro atoms. The van der Waals surface area contributed by atoms with Crippen molar-refractivity contribution >= 4 is 35.1 Å². The Morgan fingerprint density at radius 2 is 1.97 bits per heavy atom. The third-order valence-electron chi connectivity index (χ3n) is 5.85. The van der Waals surface area contributed by atoms with E-state index in [1.165, 1.54) is 0 Å². The molecule has 2 aliphatic rings. The van der Waals surface area contributed by atoms with E-state index in [1.54, 1.807) is 6.07 Å². The molecular formula is C20H26ClN5O3. The molecule has 0 saturated carbocycles. The number of carbonyl (C=O) groups is 2. The van der Waals surface area contributed by atoms with E-state index in [-0.39, 0.29) is 23.7 Å². The lowest BCUT2D eigenvalue weighted by Crippen LogP contribution is -2.48. The number of amides is 1. The zero-order valence-corrected chi connectivity index (χ0v) is 17.3. The highest BCUT2D eigenvalue weighted by atomic mass is 35.5. The van der Waals surface area contributed by atoms with Gasteiger partial charge in [-0.25, -0.2) is 0 Å². The van der Waals surface area contributed by atoms with Crippen molar-refractivity contribution in [2.45, 2.75) is 32.6 Å². The standard InChI is InChI=1S/C20H26ClN5O3/c1-2-29-19(28)14-7-11-24(12-8-14)18(27)15-5-3-9-25(13-15)20-23-22-17-16(21)6-4-10-26(17)20/h4,6,10,14-15H,2-3,5,7-9,11-13H2,1H3/t15-/m1/s1. The normalized spacial score (nSPS) is 20.8. The Kier molecular flexibility index (Phi) is 5.89. The Morgan fingerprint density at radius 1 is 1.17 bits per heavy atom. The van der Waals surface area contributed by atoms with Crippen molar-refractivity contribution in [3.63, 3.8) is 0 Å². The summed E-state index contributed by atoms with van der Waals surface area (Å²) in [5.41, 5.74) is 0.624. The number of carbonyl (C=O) groups excluding carboxylic acids is 2. The highest BCUT2D eigenvalue weighted by Gasteiger charge is 2.34. The van der Waals surface area contributed by atoms with E-state index < -0.39 is 0 Å². The summed E-state index contributed by atoms with van der Waals surface area (Å²) in [7, 11) is 0. The molecule has 4 heterocycles. The molecule has 156 valence electrons. The van der Waals surface area contributed by atoms with Crippen LogP contribution >= 0.6 is 11.6 Å². The average Bonchev–Trinajstić information content (AvgIpc) is 3.19. The number of aromatic nitrogens is 3. The molecule has 1 atom stereocenters. The fraction of sp³-hybridized carbons (Fsp3) is 0.600. The van der Waals surface area contributed by atoms with Crippen LogP contribution in [0.5, 0.6) is 0 Å². The van der Waals surface area contributed by atoms with Crippen molar-refractivity contribution in [2.75, 3.05) is 37.7 Å². The first-order valence-electron chi connectivity index (χ1n) is 10.3. The van der Waals surface area contributed by atoms with E-state index in [2.05, 4.69) is 15.1 Å². The van der Waals surface area contributed by atoms with Crippen LogP contribution in [0, 0.1) is 11.8 Å². The molecule has 29 heavy (non-hydrogen) atoms. The number of likely N-dealkylation sites (tertiary alicyclic amines) is 1. The van der Waals surface area contributed by atoms with Crippen molar-refractivity contribution in [3.8, 4) is 0 Å². The Labute approximate surface area is 174 Å². The number of ether oxygens (including phenoxy) is 1. The number of halogens is 1. The number of anilines is 1. The number of esters is 1. The number of hydrogen-bond donors (Lipinski definition) is 0. The quantitative estimate of drug-likeness (QED) is 0.708. The maximum Gasteiger partial charge on any atom is 0.309 e. The minimum Gasteiger partial charge on any atom is -0.466 e. The third-order valence-corrected chi connectivity index (χ3v) is 6.14. The van der Waals surface area contributed by atoms with Crippen molar-refractivity contribution in [2.24, 2.45) is 11.8 Å². The molecule has 2 fully saturated rings. The van der Waals surface area contributed by atoms with Crippen LogP contribution in [-0.2, 0) is 14.3 Å². The van der Waals surface area contributed by atoms with Gasteiger partial charge in [0, 0.05) is 32.4 Å². The molecule has 8 nitrogen and oxygen atoms in total. The van der Waals surface area contributed by atoms with Gasteiger partial charge in [-0.2, -0.15) is 0 Å². The van der Waals surface area contributed by atoms with Gasteiger partial charge in [-0.15, -0.1) is 10.2 Å². The molecule has 0 N–H and O–H groups in total. The molecule has 1 amide bonds. The number of rotatable bonds is 4. The van der Waals surface area contributed by atoms with Crippen LogP contribution < -0.4 is 4.90 Å². The van der Waals surface area contributed by atoms with Crippen LogP contribution in [0.3, 0.4) is 0 Å². The van der Waals surface area contributed by atoms with Gasteiger partial charge in [0.15, 0.2) is 5.65 Å². The highest BCUT2D eigenvalue weighted by molar-refractivity contribution is 6.33. The fourth-order valence-electron chi connectivity index (χ4n) is 4.30. The van der Waals surface area contributed by atoms with E-state index in [4.69, 9.17) is 16.3 Å². The summed E-state index contributed by atoms with van der Waals surface area (Å²) in [6.45, 7) is 4.90. The Hall–Kier alpha value is -2.35. The van der Waals surface area contributed by atoms with Gasteiger partial charge in [0.1, 0.15) is 0 Å². The van der Waals surface area contributed by atoms with Crippen LogP contribution in [-0.4, -0.2) is 64.2 Å². The molecule has 0 bridgehead atoms. The highest BCUT2D eigenvalue weighted by Crippen LogP contribution is 2.27. The van der Waals surface area contributed by atoms with Crippen LogP contribution in [0.4, 0.5) is 5.95 Å². The number of piperidine rings is 2. The van der Waals surface area contributed by atoms with Crippen LogP contribution in [0.1, 0.15) is 32.6 Å². The van der Waals surface area contributed by atoms with E-state index in [1.807, 2.05) is 28.5 Å². The van der Waals surface area contributed by atoms with Crippen LogP contribution in [0.25, 0.3) is 5.65 Å². The van der Waals surface area contributed by atoms with Crippen molar-refractivity contribution in [1.29, 1.82) is 0 Å². The van der Waals surface area contributed by atoms with Gasteiger partial charge in [-0.1, -0.05) is 11.6 Å². The Morgan fingerprint density at radius 3 is 2.72 bits per heavy atom. The lowest BCUT2D eigenvalue weighted by Gasteiger charge is -2.37. The molecule has 0 aromatic carbocycles. The predicted octanol–water partition coefficient (Wildman–Crippen LogP) is 2.40. The summed E-state index contributed by atoms with van der Waals surface area (Å²) in [6, 6.07) is 3.65. The third kappa shape index (κ3) is 4.03. The van der Waals surface area contributed by atoms with Gasteiger partial charge in [0.05, 0.1) is 23.5 Å². The zero-order valence-electron chi connectivity index (χ0n) is 16.6. The zero-order chi connectivity index (χ0) is 20.4. The Balaban J connectivity index is 1.40. The minimum atomic E-state index is -0.138. The molecule has 2 aromatic heterocycles. The SMILES string of the molecule is CCOC(=O)C1CCN(C(=O)[C@@H]2CCCN(c3nnc4c(Cl)cccn34)C2)CC1. The van der Waals surface area contributed by atoms with E-state index >= 15 is 0 Å². The largest absolute Gasteiger partial charge is 0.466 e. The van der Waals surface area contributed by atoms with Crippen LogP contribution in [0.2, 0.25) is 5.02 Å². The van der Waals surface area contributed by atoms with E-state index in [0.717, 1.165) is 25.3 Å². The second-order valence-corrected chi connectivity index (χ2v) is 8.09. The van der Waals surface area contributed by atoms with Gasteiger partial charge < -0.3 is 14.5 Å². The monoisotopic (exact) mass is 419 g/mol. The maximum absolute atomic E-state index is 13.1. The molecule has 0 aliphatic carbocycles. The fourth-order valence-corrected chi connectivity index (χ4v) is 4.50. The number of fused-ring (bicyclic) bond motifs is 1. The predicted molar refractivity (Wildman–Crippen MR) is 109 cm³/mol. The molecule has 0 radical (unpaired) electrons. The first-order chi connectivity index (χ1) is 14.1. The molecule has 0 unspecified atom stereocenters. The average molecular weight is 420 g/mol. The van der Waals surface area contributed by atoms with Gasteiger partial charge in [0.2, 0.25) is 11.9 Å². The number of hydrogen-bond acceptors (Lipinski definition) is 6. The summed E-state index contributed by atoms with van der Waals surface area (Å²) >= 11 is 6.21. The van der Waals surface area contributed by atoms with Gasteiger partial charge in [-0.05, 0) is 44.7 Å². The summed E-state index contributed by atoms with van der Waals surface area (Å²) in [4.78, 5) is 29.1. The number of pyridine rings is 1. The lowest BCUT2D eigenvalue weighted by atomic mass is 9.93. The van der Waals surface area contributed by atoms with Crippen molar-refractivity contribution in [1.82, 2.24) is 19.5 Å². The van der Waals surface area contributed by atoms with Crippen molar-refractivity contribution in [3.05, 3.63) is 23.4 Å². The van der Waals surface area contributed by atoms with Gasteiger partial charge in [-0.3, -0.25) is 14.0 Å². The van der Waals surface area contributed by atoms with Crippen LogP contribution in [0.15, 0.2) is 18.3 Å².